The molecule has 0 bridgehead atoms. The third kappa shape index (κ3) is 2.97. The average Bonchev–Trinajstić information content (AvgIpc) is 2.79. The number of amides is 1. The molecular formula is C12H10ClFN4O. The second-order valence-electron chi connectivity index (χ2n) is 3.67. The van der Waals surface area contributed by atoms with Gasteiger partial charge in [-0.05, 0) is 18.2 Å². The number of aromatic nitrogens is 2. The Hall–Kier alpha value is -2.21. The molecule has 0 aliphatic carbocycles. The van der Waals surface area contributed by atoms with Crippen molar-refractivity contribution in [2.75, 3.05) is 0 Å². The van der Waals surface area contributed by atoms with Crippen molar-refractivity contribution >= 4 is 23.7 Å². The summed E-state index contributed by atoms with van der Waals surface area (Å²) >= 11 is 5.81. The number of hydrazone groups is 1. The number of aryl methyl sites for hydroxylation is 1. The summed E-state index contributed by atoms with van der Waals surface area (Å²) in [4.78, 5) is 11.7. The quantitative estimate of drug-likeness (QED) is 0.690. The van der Waals surface area contributed by atoms with E-state index in [1.165, 1.54) is 29.1 Å². The van der Waals surface area contributed by atoms with E-state index in [2.05, 4.69) is 15.6 Å². The van der Waals surface area contributed by atoms with Crippen molar-refractivity contribution in [2.45, 2.75) is 0 Å². The SMILES string of the molecule is Cn1nccc1C(=O)N/N=C\c1c(F)cccc1Cl. The van der Waals surface area contributed by atoms with Gasteiger partial charge in [0, 0.05) is 18.8 Å². The number of nitrogens with zero attached hydrogens (tertiary/aromatic N) is 3. The van der Waals surface area contributed by atoms with Crippen LogP contribution in [0, 0.1) is 5.82 Å². The fraction of sp³-hybridized carbons (Fsp3) is 0.0833. The lowest BCUT2D eigenvalue weighted by Gasteiger charge is -2.01. The predicted octanol–water partition coefficient (Wildman–Crippen LogP) is 1.98. The van der Waals surface area contributed by atoms with E-state index < -0.39 is 11.7 Å². The maximum Gasteiger partial charge on any atom is 0.289 e. The van der Waals surface area contributed by atoms with Gasteiger partial charge in [0.05, 0.1) is 11.2 Å². The number of benzene rings is 1. The van der Waals surface area contributed by atoms with Crippen LogP contribution in [-0.2, 0) is 7.05 Å². The van der Waals surface area contributed by atoms with Gasteiger partial charge in [0.25, 0.3) is 5.91 Å². The Kier molecular flexibility index (Phi) is 3.91. The van der Waals surface area contributed by atoms with Gasteiger partial charge in [-0.1, -0.05) is 17.7 Å². The average molecular weight is 281 g/mol. The van der Waals surface area contributed by atoms with Crippen molar-refractivity contribution in [3.63, 3.8) is 0 Å². The molecule has 1 aromatic heterocycles. The van der Waals surface area contributed by atoms with Crippen molar-refractivity contribution in [2.24, 2.45) is 12.1 Å². The molecule has 5 nitrogen and oxygen atoms in total. The van der Waals surface area contributed by atoms with E-state index in [9.17, 15) is 9.18 Å². The second-order valence-corrected chi connectivity index (χ2v) is 4.08. The lowest BCUT2D eigenvalue weighted by Crippen LogP contribution is -2.20. The summed E-state index contributed by atoms with van der Waals surface area (Å²) < 4.78 is 14.8. The first-order valence-electron chi connectivity index (χ1n) is 5.35. The third-order valence-corrected chi connectivity index (χ3v) is 2.74. The van der Waals surface area contributed by atoms with Crippen molar-refractivity contribution in [3.05, 3.63) is 52.6 Å². The van der Waals surface area contributed by atoms with E-state index in [0.29, 0.717) is 5.69 Å². The van der Waals surface area contributed by atoms with Crippen molar-refractivity contribution in [1.29, 1.82) is 0 Å². The topological polar surface area (TPSA) is 59.3 Å². The number of hydrogen-bond donors (Lipinski definition) is 1. The fourth-order valence-electron chi connectivity index (χ4n) is 1.44. The minimum atomic E-state index is -0.508. The van der Waals surface area contributed by atoms with E-state index in [1.807, 2.05) is 0 Å². The zero-order valence-electron chi connectivity index (χ0n) is 9.97. The Balaban J connectivity index is 2.09. The molecule has 0 aliphatic rings. The van der Waals surface area contributed by atoms with Crippen molar-refractivity contribution in [1.82, 2.24) is 15.2 Å². The minimum Gasteiger partial charge on any atom is -0.266 e. The number of hydrogen-bond acceptors (Lipinski definition) is 3. The number of rotatable bonds is 3. The predicted molar refractivity (Wildman–Crippen MR) is 69.7 cm³/mol. The normalized spacial score (nSPS) is 10.9. The van der Waals surface area contributed by atoms with Crippen LogP contribution in [0.2, 0.25) is 5.02 Å². The summed E-state index contributed by atoms with van der Waals surface area (Å²) in [5, 5.41) is 7.75. The summed E-state index contributed by atoms with van der Waals surface area (Å²) in [7, 11) is 1.63. The first-order valence-corrected chi connectivity index (χ1v) is 5.73. The van der Waals surface area contributed by atoms with Crippen molar-refractivity contribution in [3.8, 4) is 0 Å². The van der Waals surface area contributed by atoms with Crippen LogP contribution in [0.25, 0.3) is 0 Å². The van der Waals surface area contributed by atoms with Gasteiger partial charge in [-0.3, -0.25) is 9.48 Å². The highest BCUT2D eigenvalue weighted by Gasteiger charge is 2.08. The number of carbonyl (C=O) groups excluding carboxylic acids is 1. The van der Waals surface area contributed by atoms with E-state index >= 15 is 0 Å². The van der Waals surface area contributed by atoms with Gasteiger partial charge in [0.2, 0.25) is 0 Å². The molecule has 1 aromatic carbocycles. The standard InChI is InChI=1S/C12H10ClFN4O/c1-18-11(5-6-16-18)12(19)17-15-7-8-9(13)3-2-4-10(8)14/h2-7H,1H3,(H,17,19)/b15-7-. The molecule has 0 radical (unpaired) electrons. The number of halogens is 2. The minimum absolute atomic E-state index is 0.120. The van der Waals surface area contributed by atoms with Gasteiger partial charge < -0.3 is 0 Å². The Morgan fingerprint density at radius 1 is 1.53 bits per heavy atom. The highest BCUT2D eigenvalue weighted by molar-refractivity contribution is 6.33. The summed E-state index contributed by atoms with van der Waals surface area (Å²) in [6.07, 6.45) is 2.65. The Morgan fingerprint density at radius 2 is 2.32 bits per heavy atom. The maximum atomic E-state index is 13.4. The summed E-state index contributed by atoms with van der Waals surface area (Å²) in [6.45, 7) is 0. The largest absolute Gasteiger partial charge is 0.289 e. The molecule has 98 valence electrons. The number of nitrogens with one attached hydrogen (secondary N) is 1. The number of carbonyl (C=O) groups is 1. The summed E-state index contributed by atoms with van der Waals surface area (Å²) in [6, 6.07) is 5.83. The van der Waals surface area contributed by atoms with Gasteiger partial charge >= 0.3 is 0 Å². The van der Waals surface area contributed by atoms with Crippen LogP contribution in [0.4, 0.5) is 4.39 Å². The highest BCUT2D eigenvalue weighted by Crippen LogP contribution is 2.16. The van der Waals surface area contributed by atoms with Gasteiger partial charge in [-0.2, -0.15) is 10.2 Å². The van der Waals surface area contributed by atoms with E-state index in [4.69, 9.17) is 11.6 Å². The summed E-state index contributed by atoms with van der Waals surface area (Å²) in [5.41, 5.74) is 2.74. The van der Waals surface area contributed by atoms with Gasteiger partial charge in [-0.15, -0.1) is 0 Å². The van der Waals surface area contributed by atoms with E-state index in [-0.39, 0.29) is 10.6 Å². The van der Waals surface area contributed by atoms with Gasteiger partial charge in [0.1, 0.15) is 11.5 Å². The molecule has 0 unspecified atom stereocenters. The van der Waals surface area contributed by atoms with Crippen LogP contribution in [0.15, 0.2) is 35.6 Å². The molecule has 2 aromatic rings. The molecular weight excluding hydrogens is 271 g/mol. The molecule has 1 heterocycles. The molecule has 0 saturated carbocycles. The molecule has 0 atom stereocenters. The lowest BCUT2D eigenvalue weighted by atomic mass is 10.2. The Bertz CT molecular complexity index is 618. The molecule has 1 N–H and O–H groups in total. The molecule has 0 spiro atoms. The van der Waals surface area contributed by atoms with E-state index in [1.54, 1.807) is 13.1 Å². The first-order chi connectivity index (χ1) is 9.09. The maximum absolute atomic E-state index is 13.4. The Morgan fingerprint density at radius 3 is 2.95 bits per heavy atom. The molecule has 0 saturated heterocycles. The van der Waals surface area contributed by atoms with Crippen LogP contribution >= 0.6 is 11.6 Å². The Labute approximate surface area is 113 Å². The highest BCUT2D eigenvalue weighted by atomic mass is 35.5. The molecule has 19 heavy (non-hydrogen) atoms. The zero-order chi connectivity index (χ0) is 13.8. The van der Waals surface area contributed by atoms with Gasteiger partial charge in [0.15, 0.2) is 0 Å². The van der Waals surface area contributed by atoms with Crippen LogP contribution < -0.4 is 5.43 Å². The van der Waals surface area contributed by atoms with E-state index in [0.717, 1.165) is 6.21 Å². The van der Waals surface area contributed by atoms with Crippen molar-refractivity contribution < 1.29 is 9.18 Å². The van der Waals surface area contributed by atoms with Crippen LogP contribution in [-0.4, -0.2) is 21.9 Å². The third-order valence-electron chi connectivity index (χ3n) is 2.41. The first kappa shape index (κ1) is 13.2. The molecule has 0 aliphatic heterocycles. The second kappa shape index (κ2) is 5.62. The van der Waals surface area contributed by atoms with Crippen LogP contribution in [0.1, 0.15) is 16.1 Å². The van der Waals surface area contributed by atoms with Crippen LogP contribution in [0.5, 0.6) is 0 Å². The molecule has 0 fully saturated rings. The molecule has 2 rings (SSSR count). The fourth-order valence-corrected chi connectivity index (χ4v) is 1.66. The smallest absolute Gasteiger partial charge is 0.266 e. The monoisotopic (exact) mass is 280 g/mol. The molecule has 7 heteroatoms. The van der Waals surface area contributed by atoms with Gasteiger partial charge in [-0.25, -0.2) is 9.82 Å². The van der Waals surface area contributed by atoms with Crippen LogP contribution in [0.3, 0.4) is 0 Å². The molecule has 1 amide bonds. The zero-order valence-corrected chi connectivity index (χ0v) is 10.7. The summed E-state index contributed by atoms with van der Waals surface area (Å²) in [5.74, 6) is -0.949. The lowest BCUT2D eigenvalue weighted by molar-refractivity contribution is 0.0945.